The highest BCUT2D eigenvalue weighted by molar-refractivity contribution is 6.00. The number of hydrogen-bond donors (Lipinski definition) is 2. The van der Waals surface area contributed by atoms with Gasteiger partial charge in [0.1, 0.15) is 5.69 Å². The van der Waals surface area contributed by atoms with Crippen molar-refractivity contribution in [2.75, 3.05) is 83.9 Å². The minimum absolute atomic E-state index is 0.0472. The van der Waals surface area contributed by atoms with Gasteiger partial charge in [0, 0.05) is 282 Å². The Labute approximate surface area is 749 Å². The van der Waals surface area contributed by atoms with E-state index in [4.69, 9.17) is 39.3 Å². The Morgan fingerprint density at radius 2 is 0.862 bits per heavy atom. The number of aromatic amines is 1. The molecule has 33 heteroatoms. The largest absolute Gasteiger partial charge is 0.381 e. The molecule has 10 aliphatic heterocycles. The summed E-state index contributed by atoms with van der Waals surface area (Å²) in [7, 11) is 3.36. The van der Waals surface area contributed by atoms with Gasteiger partial charge in [-0.15, -0.1) is 0 Å². The predicted octanol–water partition coefficient (Wildman–Crippen LogP) is 11.9. The second-order valence-corrected chi connectivity index (χ2v) is 35.4. The summed E-state index contributed by atoms with van der Waals surface area (Å²) in [6.07, 6.45) is 17.2. The molecule has 676 valence electrons. The SMILES string of the molecule is CC(=O)N1CCc2c(c(-c3cccc4c3CC(=O)N(c3cnn(C)c3)C4)nn2C2CCOCC2)C1.CC(=O)N1CCc2c(c(-c3cccc4c3CC(=O)NC4)nn2C2CCOCC2)C1.CC(=O)N1CCc2c(c(-c3cccc4c[nH]c(=O)cc34)nn2C2CCOCC2)C1.CC(=O)N1CCc2c(c(-c3cccc4cc(-c5cnn(C)c5C(F)F)ncc34)nn2C2CCOCC2)C1. The van der Waals surface area contributed by atoms with Crippen molar-refractivity contribution in [1.82, 2.24) is 93.6 Å². The lowest BCUT2D eigenvalue weighted by atomic mass is 9.90. The molecule has 0 atom stereocenters. The monoisotopic (exact) mass is 1770 g/mol. The Balaban J connectivity index is 0.000000113. The van der Waals surface area contributed by atoms with E-state index in [1.165, 1.54) is 40.7 Å². The Morgan fingerprint density at radius 3 is 1.30 bits per heavy atom. The topological polar surface area (TPSA) is 320 Å². The number of halogens is 2. The van der Waals surface area contributed by atoms with E-state index in [0.29, 0.717) is 114 Å². The van der Waals surface area contributed by atoms with Crippen LogP contribution in [0, 0.1) is 0 Å². The fraction of sp³-hybridized carbons (Fsp3) is 0.443. The molecule has 4 fully saturated rings. The molecule has 4 saturated heterocycles. The highest BCUT2D eigenvalue weighted by Crippen LogP contribution is 2.45. The van der Waals surface area contributed by atoms with Crippen molar-refractivity contribution < 1.29 is 56.5 Å². The second kappa shape index (κ2) is 37.0. The number of carbonyl (C=O) groups excluding carboxylic acids is 6. The number of fused-ring (bicyclic) bond motifs is 8. The smallest absolute Gasteiger partial charge is 0.280 e. The van der Waals surface area contributed by atoms with Crippen LogP contribution in [0.3, 0.4) is 0 Å². The number of alkyl halides is 2. The van der Waals surface area contributed by atoms with Crippen LogP contribution in [0.1, 0.15) is 183 Å². The molecule has 0 bridgehead atoms. The van der Waals surface area contributed by atoms with Crippen LogP contribution < -0.4 is 15.8 Å². The highest BCUT2D eigenvalue weighted by atomic mass is 19.3. The van der Waals surface area contributed by atoms with Crippen molar-refractivity contribution in [3.63, 3.8) is 0 Å². The molecule has 4 aromatic carbocycles. The van der Waals surface area contributed by atoms with Gasteiger partial charge >= 0.3 is 0 Å². The average molecular weight is 1770 g/mol. The maximum Gasteiger partial charge on any atom is 0.280 e. The first-order chi connectivity index (χ1) is 63.1. The third-order valence-electron chi connectivity index (χ3n) is 27.6. The molecule has 0 aliphatic carbocycles. The summed E-state index contributed by atoms with van der Waals surface area (Å²) in [4.78, 5) is 103. The number of hydrogen-bond acceptors (Lipinski definition) is 18. The Hall–Kier alpha value is -12.7. The van der Waals surface area contributed by atoms with Crippen LogP contribution in [0.25, 0.3) is 77.8 Å². The number of aromatic nitrogens is 14. The van der Waals surface area contributed by atoms with Crippen LogP contribution in [0.4, 0.5) is 14.5 Å². The van der Waals surface area contributed by atoms with Crippen molar-refractivity contribution in [2.24, 2.45) is 14.1 Å². The lowest BCUT2D eigenvalue weighted by Gasteiger charge is -2.30. The second-order valence-electron chi connectivity index (χ2n) is 35.4. The summed E-state index contributed by atoms with van der Waals surface area (Å²) in [5, 5.41) is 35.3. The van der Waals surface area contributed by atoms with Crippen LogP contribution in [0.5, 0.6) is 0 Å². The minimum Gasteiger partial charge on any atom is -0.381 e. The molecule has 10 aliphatic rings. The number of benzene rings is 4. The van der Waals surface area contributed by atoms with Gasteiger partial charge in [0.25, 0.3) is 6.43 Å². The third kappa shape index (κ3) is 17.2. The lowest BCUT2D eigenvalue weighted by molar-refractivity contribution is -0.130. The first kappa shape index (κ1) is 86.6. The van der Waals surface area contributed by atoms with Gasteiger partial charge in [-0.05, 0) is 95.8 Å². The maximum absolute atomic E-state index is 13.7. The number of nitrogens with one attached hydrogen (secondary N) is 2. The van der Waals surface area contributed by atoms with Crippen LogP contribution in [-0.2, 0) is 140 Å². The molecular formula is C97H108F2N20O11. The van der Waals surface area contributed by atoms with E-state index in [1.54, 1.807) is 61.9 Å². The lowest BCUT2D eigenvalue weighted by Crippen LogP contribution is -2.36. The first-order valence-electron chi connectivity index (χ1n) is 45.5. The number of carbonyl (C=O) groups is 6. The number of rotatable bonds is 11. The zero-order valence-corrected chi connectivity index (χ0v) is 74.3. The first-order valence-corrected chi connectivity index (χ1v) is 45.5. The molecule has 0 radical (unpaired) electrons. The Bertz CT molecular complexity index is 6430. The fourth-order valence-electron chi connectivity index (χ4n) is 20.6. The van der Waals surface area contributed by atoms with Crippen molar-refractivity contribution in [2.45, 2.75) is 187 Å². The molecule has 22 rings (SSSR count). The van der Waals surface area contributed by atoms with Crippen molar-refractivity contribution in [3.05, 3.63) is 199 Å². The molecule has 6 amide bonds. The molecule has 18 heterocycles. The number of H-pyrrole nitrogens is 1. The van der Waals surface area contributed by atoms with Crippen LogP contribution in [-0.4, -0.2) is 203 Å². The minimum atomic E-state index is -2.66. The number of aryl methyl sites for hydroxylation is 2. The molecule has 31 nitrogen and oxygen atoms in total. The van der Waals surface area contributed by atoms with Gasteiger partial charge in [-0.3, -0.25) is 66.6 Å². The zero-order chi connectivity index (χ0) is 89.7. The van der Waals surface area contributed by atoms with Gasteiger partial charge in [-0.1, -0.05) is 72.8 Å². The molecule has 0 unspecified atom stereocenters. The molecule has 0 saturated carbocycles. The number of nitrogens with zero attached hydrogens (tertiary/aromatic N) is 18. The zero-order valence-electron chi connectivity index (χ0n) is 74.3. The highest BCUT2D eigenvalue weighted by Gasteiger charge is 2.39. The maximum atomic E-state index is 13.7. The third-order valence-corrected chi connectivity index (χ3v) is 27.6. The molecule has 0 spiro atoms. The van der Waals surface area contributed by atoms with Gasteiger partial charge < -0.3 is 53.7 Å². The number of pyridine rings is 2. The van der Waals surface area contributed by atoms with Crippen LogP contribution >= 0.6 is 0 Å². The van der Waals surface area contributed by atoms with E-state index in [-0.39, 0.29) is 52.7 Å². The standard InChI is InChI=1S/C27H28F2N6O2.C26H30N6O3.C22H26N4O3.C22H24N4O3/c1-16(36)34-9-6-24-22(15-34)25(32-35(24)18-7-10-37-11-8-18)19-5-3-4-17-12-23(30-13-20(17)19)21-14-31-33(2)26(21)27(28)29;1-17(33)30-9-6-24-23(16-30)26(28-32(24)19-7-10-35-11-8-19)21-5-3-4-18-14-31(25(34)12-22(18)21)20-13-27-29(2)15-20;2*1-14(27)25-8-5-20-19(13-25)22(24-26(20)16-6-9-29-10-7-16)17-4-2-3-15-12-23-21(28)11-18(15)17/h3-5,12-14,18,27H,6-11,15H2,1-2H3;3-5,13,15,19H,6-12,14,16H2,1-2H3;2-4,16H,5-13H2,1H3,(H,23,28);2-4,11-12,16H,5-10,13H2,1H3,(H,23,28). The van der Waals surface area contributed by atoms with E-state index < -0.39 is 6.43 Å². The summed E-state index contributed by atoms with van der Waals surface area (Å²) in [6, 6.07) is 29.0. The summed E-state index contributed by atoms with van der Waals surface area (Å²) < 4.78 is 61.3. The van der Waals surface area contributed by atoms with E-state index in [2.05, 4.69) is 74.5 Å². The quantitative estimate of drug-likeness (QED) is 0.121. The molecular weight excluding hydrogens is 1660 g/mol. The van der Waals surface area contributed by atoms with E-state index >= 15 is 0 Å². The van der Waals surface area contributed by atoms with Crippen molar-refractivity contribution in [1.29, 1.82) is 0 Å². The van der Waals surface area contributed by atoms with E-state index in [0.717, 1.165) is 240 Å². The van der Waals surface area contributed by atoms with Crippen LogP contribution in [0.2, 0.25) is 0 Å². The van der Waals surface area contributed by atoms with Gasteiger partial charge in [-0.25, -0.2) is 8.78 Å². The summed E-state index contributed by atoms with van der Waals surface area (Å²) in [5.41, 5.74) is 22.4. The van der Waals surface area contributed by atoms with Gasteiger partial charge in [0.2, 0.25) is 41.0 Å². The molecule has 130 heavy (non-hydrogen) atoms. The van der Waals surface area contributed by atoms with Crippen molar-refractivity contribution in [3.8, 4) is 56.3 Å². The summed E-state index contributed by atoms with van der Waals surface area (Å²) in [6.45, 7) is 18.5. The number of anilines is 1. The van der Waals surface area contributed by atoms with Gasteiger partial charge in [-0.2, -0.15) is 30.6 Å². The van der Waals surface area contributed by atoms with Gasteiger partial charge in [0.05, 0.1) is 90.1 Å². The number of amides is 6. The van der Waals surface area contributed by atoms with E-state index in [9.17, 15) is 42.3 Å². The normalized spacial score (nSPS) is 17.9. The molecule has 2 N–H and O–H groups in total. The average Bonchev–Trinajstić information content (AvgIpc) is 1.34. The molecule has 8 aromatic heterocycles. The predicted molar refractivity (Wildman–Crippen MR) is 480 cm³/mol. The Morgan fingerprint density at radius 1 is 0.446 bits per heavy atom. The summed E-state index contributed by atoms with van der Waals surface area (Å²) in [5.74, 6) is 0.405. The Kier molecular flexibility index (Phi) is 24.7. The van der Waals surface area contributed by atoms with E-state index in [1.807, 2.05) is 81.4 Å². The van der Waals surface area contributed by atoms with Crippen molar-refractivity contribution >= 4 is 62.7 Å². The van der Waals surface area contributed by atoms with Crippen LogP contribution in [0.15, 0.2) is 121 Å². The van der Waals surface area contributed by atoms with Gasteiger partial charge in [0.15, 0.2) is 0 Å². The molecule has 12 aromatic rings. The number of ether oxygens (including phenoxy) is 4. The fourth-order valence-corrected chi connectivity index (χ4v) is 20.6. The summed E-state index contributed by atoms with van der Waals surface area (Å²) >= 11 is 0.